The highest BCUT2D eigenvalue weighted by Gasteiger charge is 2.10. The first-order valence-electron chi connectivity index (χ1n) is 7.46. The molecule has 0 aromatic heterocycles. The Kier molecular flexibility index (Phi) is 5.65. The first-order valence-corrected chi connectivity index (χ1v) is 7.86. The van der Waals surface area contributed by atoms with Crippen molar-refractivity contribution in [1.29, 1.82) is 0 Å². The van der Waals surface area contributed by atoms with Gasteiger partial charge in [0.15, 0.2) is 5.11 Å². The average molecular weight is 342 g/mol. The number of carboxylic acid groups (broad SMARTS) is 1. The van der Waals surface area contributed by atoms with Crippen molar-refractivity contribution in [3.05, 3.63) is 64.7 Å². The molecule has 2 aromatic carbocycles. The minimum Gasteiger partial charge on any atom is -0.478 e. The van der Waals surface area contributed by atoms with Gasteiger partial charge < -0.3 is 10.4 Å². The Morgan fingerprint density at radius 3 is 2.29 bits per heavy atom. The summed E-state index contributed by atoms with van der Waals surface area (Å²) in [5.74, 6) is -1.34. The molecule has 24 heavy (non-hydrogen) atoms. The molecule has 0 aliphatic carbocycles. The molecule has 0 radical (unpaired) electrons. The van der Waals surface area contributed by atoms with Crippen molar-refractivity contribution in [3.8, 4) is 0 Å². The number of benzene rings is 2. The molecule has 0 unspecified atom stereocenters. The van der Waals surface area contributed by atoms with Gasteiger partial charge in [-0.3, -0.25) is 10.1 Å². The number of carbonyl (C=O) groups is 2. The van der Waals surface area contributed by atoms with Crippen LogP contribution in [0.2, 0.25) is 0 Å². The molecule has 6 heteroatoms. The van der Waals surface area contributed by atoms with E-state index in [1.807, 2.05) is 26.0 Å². The lowest BCUT2D eigenvalue weighted by atomic mass is 10.1. The van der Waals surface area contributed by atoms with Crippen LogP contribution in [0.5, 0.6) is 0 Å². The highest BCUT2D eigenvalue weighted by molar-refractivity contribution is 7.80. The van der Waals surface area contributed by atoms with E-state index in [0.717, 1.165) is 17.5 Å². The Hall–Kier alpha value is -2.73. The molecule has 0 bridgehead atoms. The fourth-order valence-electron chi connectivity index (χ4n) is 2.11. The number of aromatic carboxylic acids is 1. The number of amides is 1. The number of aryl methyl sites for hydroxylation is 2. The van der Waals surface area contributed by atoms with Crippen molar-refractivity contribution in [2.45, 2.75) is 20.3 Å². The van der Waals surface area contributed by atoms with Gasteiger partial charge in [-0.1, -0.05) is 25.1 Å². The summed E-state index contributed by atoms with van der Waals surface area (Å²) < 4.78 is 0. The minimum atomic E-state index is -1.02. The molecule has 5 nitrogen and oxygen atoms in total. The zero-order valence-electron chi connectivity index (χ0n) is 13.4. The molecule has 0 fully saturated rings. The molecule has 0 aliphatic rings. The predicted octanol–water partition coefficient (Wildman–Crippen LogP) is 3.38. The number of hydrogen-bond acceptors (Lipinski definition) is 3. The average Bonchev–Trinajstić information content (AvgIpc) is 2.56. The lowest BCUT2D eigenvalue weighted by Gasteiger charge is -2.12. The van der Waals surface area contributed by atoms with Gasteiger partial charge in [-0.25, -0.2) is 4.79 Å². The van der Waals surface area contributed by atoms with E-state index in [9.17, 15) is 9.59 Å². The third kappa shape index (κ3) is 4.39. The molecule has 2 aromatic rings. The van der Waals surface area contributed by atoms with Gasteiger partial charge in [-0.05, 0) is 61.0 Å². The summed E-state index contributed by atoms with van der Waals surface area (Å²) in [6.45, 7) is 3.86. The second-order valence-electron chi connectivity index (χ2n) is 5.29. The van der Waals surface area contributed by atoms with Crippen molar-refractivity contribution in [3.63, 3.8) is 0 Å². The fourth-order valence-corrected chi connectivity index (χ4v) is 2.31. The lowest BCUT2D eigenvalue weighted by Crippen LogP contribution is -2.34. The first kappa shape index (κ1) is 17.6. The zero-order chi connectivity index (χ0) is 17.7. The van der Waals surface area contributed by atoms with E-state index in [1.165, 1.54) is 12.1 Å². The van der Waals surface area contributed by atoms with Crippen LogP contribution in [0, 0.1) is 6.92 Å². The molecule has 2 rings (SSSR count). The zero-order valence-corrected chi connectivity index (χ0v) is 14.2. The van der Waals surface area contributed by atoms with Crippen molar-refractivity contribution in [1.82, 2.24) is 5.32 Å². The molecule has 0 aliphatic heterocycles. The standard InChI is InChI=1S/C18H18N2O3S/c1-3-12-5-8-13(9-6-12)16(21)20-18(24)19-15-10-14(17(22)23)7-4-11(15)2/h4-10H,3H2,1-2H3,(H,22,23)(H2,19,20,21,24). The maximum Gasteiger partial charge on any atom is 0.335 e. The molecule has 1 amide bonds. The van der Waals surface area contributed by atoms with Crippen LogP contribution in [-0.4, -0.2) is 22.1 Å². The predicted molar refractivity (Wildman–Crippen MR) is 97.6 cm³/mol. The molecule has 0 saturated carbocycles. The third-order valence-electron chi connectivity index (χ3n) is 3.58. The quantitative estimate of drug-likeness (QED) is 0.743. The van der Waals surface area contributed by atoms with Crippen molar-refractivity contribution in [2.75, 3.05) is 5.32 Å². The largest absolute Gasteiger partial charge is 0.478 e. The van der Waals surface area contributed by atoms with Crippen LogP contribution in [0.3, 0.4) is 0 Å². The van der Waals surface area contributed by atoms with Crippen LogP contribution in [-0.2, 0) is 6.42 Å². The van der Waals surface area contributed by atoms with Gasteiger partial charge in [-0.15, -0.1) is 0 Å². The highest BCUT2D eigenvalue weighted by atomic mass is 32.1. The van der Waals surface area contributed by atoms with Gasteiger partial charge >= 0.3 is 5.97 Å². The second-order valence-corrected chi connectivity index (χ2v) is 5.70. The van der Waals surface area contributed by atoms with Crippen molar-refractivity contribution >= 4 is 34.9 Å². The number of anilines is 1. The lowest BCUT2D eigenvalue weighted by molar-refractivity contribution is 0.0696. The van der Waals surface area contributed by atoms with E-state index < -0.39 is 5.97 Å². The van der Waals surface area contributed by atoms with E-state index in [-0.39, 0.29) is 16.6 Å². The van der Waals surface area contributed by atoms with Crippen LogP contribution < -0.4 is 10.6 Å². The first-order chi connectivity index (χ1) is 11.4. The van der Waals surface area contributed by atoms with E-state index in [4.69, 9.17) is 17.3 Å². The van der Waals surface area contributed by atoms with Gasteiger partial charge in [-0.2, -0.15) is 0 Å². The van der Waals surface area contributed by atoms with Crippen molar-refractivity contribution < 1.29 is 14.7 Å². The second kappa shape index (κ2) is 7.70. The van der Waals surface area contributed by atoms with Gasteiger partial charge in [0.2, 0.25) is 0 Å². The summed E-state index contributed by atoms with van der Waals surface area (Å²) in [6, 6.07) is 11.9. The Balaban J connectivity index is 2.06. The fraction of sp³-hybridized carbons (Fsp3) is 0.167. The van der Waals surface area contributed by atoms with Gasteiger partial charge in [0, 0.05) is 11.3 Å². The summed E-state index contributed by atoms with van der Waals surface area (Å²) in [5.41, 5.74) is 3.17. The Morgan fingerprint density at radius 2 is 1.71 bits per heavy atom. The number of carboxylic acids is 1. The Morgan fingerprint density at radius 1 is 1.08 bits per heavy atom. The number of rotatable bonds is 4. The molecule has 0 heterocycles. The molecular formula is C18H18N2O3S. The van der Waals surface area contributed by atoms with E-state index in [2.05, 4.69) is 10.6 Å². The van der Waals surface area contributed by atoms with Crippen LogP contribution in [0.15, 0.2) is 42.5 Å². The van der Waals surface area contributed by atoms with E-state index in [1.54, 1.807) is 18.2 Å². The monoisotopic (exact) mass is 342 g/mol. The maximum absolute atomic E-state index is 12.2. The number of carbonyl (C=O) groups excluding carboxylic acids is 1. The van der Waals surface area contributed by atoms with Crippen LogP contribution in [0.1, 0.15) is 38.8 Å². The van der Waals surface area contributed by atoms with Gasteiger partial charge in [0.05, 0.1) is 5.56 Å². The molecule has 0 atom stereocenters. The summed E-state index contributed by atoms with van der Waals surface area (Å²) in [6.07, 6.45) is 0.904. The van der Waals surface area contributed by atoms with Crippen LogP contribution >= 0.6 is 12.2 Å². The topological polar surface area (TPSA) is 78.4 Å². The number of hydrogen-bond donors (Lipinski definition) is 3. The van der Waals surface area contributed by atoms with E-state index in [0.29, 0.717) is 11.3 Å². The summed E-state index contributed by atoms with van der Waals surface area (Å²) in [7, 11) is 0. The SMILES string of the molecule is CCc1ccc(C(=O)NC(=S)Nc2cc(C(=O)O)ccc2C)cc1. The smallest absolute Gasteiger partial charge is 0.335 e. The molecule has 0 saturated heterocycles. The van der Waals surface area contributed by atoms with Gasteiger partial charge in [0.25, 0.3) is 5.91 Å². The summed E-state index contributed by atoms with van der Waals surface area (Å²) >= 11 is 5.14. The molecule has 124 valence electrons. The van der Waals surface area contributed by atoms with Crippen LogP contribution in [0.25, 0.3) is 0 Å². The summed E-state index contributed by atoms with van der Waals surface area (Å²) in [5, 5.41) is 14.6. The molecular weight excluding hydrogens is 324 g/mol. The highest BCUT2D eigenvalue weighted by Crippen LogP contribution is 2.17. The molecule has 0 spiro atoms. The molecule has 3 N–H and O–H groups in total. The van der Waals surface area contributed by atoms with Gasteiger partial charge in [0.1, 0.15) is 0 Å². The maximum atomic E-state index is 12.2. The third-order valence-corrected chi connectivity index (χ3v) is 3.79. The minimum absolute atomic E-state index is 0.116. The Labute approximate surface area is 145 Å². The van der Waals surface area contributed by atoms with Crippen molar-refractivity contribution in [2.24, 2.45) is 0 Å². The number of nitrogens with one attached hydrogen (secondary N) is 2. The van der Waals surface area contributed by atoms with Crippen LogP contribution in [0.4, 0.5) is 5.69 Å². The summed E-state index contributed by atoms with van der Waals surface area (Å²) in [4.78, 5) is 23.2. The Bertz CT molecular complexity index is 785. The normalized spacial score (nSPS) is 10.1. The number of thiocarbonyl (C=S) groups is 1. The van der Waals surface area contributed by atoms with E-state index >= 15 is 0 Å².